The van der Waals surface area contributed by atoms with E-state index in [-0.39, 0.29) is 24.9 Å². The number of amides is 1. The van der Waals surface area contributed by atoms with Crippen molar-refractivity contribution in [2.45, 2.75) is 283 Å². The number of ether oxygens (including phenoxy) is 1. The molecule has 0 rings (SSSR count). The van der Waals surface area contributed by atoms with Crippen molar-refractivity contribution in [1.82, 2.24) is 5.32 Å². The minimum Gasteiger partial charge on any atom is -0.462 e. The zero-order chi connectivity index (χ0) is 45.9. The van der Waals surface area contributed by atoms with Crippen LogP contribution in [0.1, 0.15) is 265 Å². The first-order valence-corrected chi connectivity index (χ1v) is 27.1. The number of hydrogen-bond donors (Lipinski definition) is 3. The van der Waals surface area contributed by atoms with E-state index in [9.17, 15) is 19.8 Å². The molecule has 1 amide bonds. The maximum atomic E-state index is 13.2. The van der Waals surface area contributed by atoms with Crippen LogP contribution < -0.4 is 5.32 Å². The summed E-state index contributed by atoms with van der Waals surface area (Å²) in [6.07, 6.45) is 62.8. The van der Waals surface area contributed by atoms with E-state index in [4.69, 9.17) is 4.74 Å². The Kier molecular flexibility index (Phi) is 48.6. The molecule has 6 heteroatoms. The largest absolute Gasteiger partial charge is 0.462 e. The first-order valence-electron chi connectivity index (χ1n) is 27.1. The molecule has 0 saturated carbocycles. The Morgan fingerprint density at radius 2 is 0.857 bits per heavy atom. The topological polar surface area (TPSA) is 95.9 Å². The average molecular weight is 882 g/mol. The Morgan fingerprint density at radius 1 is 0.476 bits per heavy atom. The van der Waals surface area contributed by atoms with Crippen LogP contribution in [0.3, 0.4) is 0 Å². The lowest BCUT2D eigenvalue weighted by Gasteiger charge is -2.24. The van der Waals surface area contributed by atoms with Gasteiger partial charge in [-0.1, -0.05) is 242 Å². The van der Waals surface area contributed by atoms with Crippen LogP contribution in [-0.4, -0.2) is 46.9 Å². The molecule has 0 heterocycles. The Hall–Kier alpha value is -2.44. The maximum Gasteiger partial charge on any atom is 0.306 e. The highest BCUT2D eigenvalue weighted by Crippen LogP contribution is 2.18. The van der Waals surface area contributed by atoms with E-state index in [1.165, 1.54) is 128 Å². The van der Waals surface area contributed by atoms with E-state index in [0.29, 0.717) is 19.3 Å². The van der Waals surface area contributed by atoms with Crippen molar-refractivity contribution in [2.75, 3.05) is 6.61 Å². The highest BCUT2D eigenvalue weighted by Gasteiger charge is 2.24. The molecule has 0 aromatic rings. The van der Waals surface area contributed by atoms with Crippen LogP contribution in [0.2, 0.25) is 0 Å². The maximum absolute atomic E-state index is 13.2. The number of nitrogens with one attached hydrogen (secondary N) is 1. The van der Waals surface area contributed by atoms with Crippen molar-refractivity contribution >= 4 is 11.9 Å². The molecule has 366 valence electrons. The van der Waals surface area contributed by atoms with Gasteiger partial charge >= 0.3 is 5.97 Å². The second-order valence-corrected chi connectivity index (χ2v) is 18.3. The van der Waals surface area contributed by atoms with Gasteiger partial charge in [0, 0.05) is 6.42 Å². The van der Waals surface area contributed by atoms with Gasteiger partial charge in [0.2, 0.25) is 5.91 Å². The van der Waals surface area contributed by atoms with E-state index in [1.807, 2.05) is 0 Å². The summed E-state index contributed by atoms with van der Waals surface area (Å²) in [7, 11) is 0. The summed E-state index contributed by atoms with van der Waals surface area (Å²) in [6.45, 7) is 6.33. The standard InChI is InChI=1S/C57H103NO5/c1-4-7-10-13-16-19-22-25-27-29-31-34-37-40-43-46-49-55(60)54(52-59)58-56(61)51-53(48-45-42-39-36-33-30-24-21-18-15-12-9-6-3)63-57(62)50-47-44-41-38-35-32-28-26-23-20-17-14-11-8-5-2/h8,11,14,17-18,20-21,23-24,30,53-55,59-60H,4-7,9-10,12-13,15-16,19,22,25-29,31-52H2,1-3H3,(H,58,61)/b11-8+,17-14+,21-18+,23-20+,30-24+. The van der Waals surface area contributed by atoms with Gasteiger partial charge < -0.3 is 20.3 Å². The van der Waals surface area contributed by atoms with E-state index in [0.717, 1.165) is 89.9 Å². The lowest BCUT2D eigenvalue weighted by atomic mass is 10.0. The number of rotatable bonds is 48. The van der Waals surface area contributed by atoms with Gasteiger partial charge in [-0.15, -0.1) is 0 Å². The Morgan fingerprint density at radius 3 is 1.33 bits per heavy atom. The predicted octanol–water partition coefficient (Wildman–Crippen LogP) is 16.4. The molecule has 0 aromatic carbocycles. The van der Waals surface area contributed by atoms with Crippen molar-refractivity contribution in [3.8, 4) is 0 Å². The second-order valence-electron chi connectivity index (χ2n) is 18.3. The van der Waals surface area contributed by atoms with Crippen LogP contribution in [0, 0.1) is 0 Å². The van der Waals surface area contributed by atoms with Crippen molar-refractivity contribution in [3.63, 3.8) is 0 Å². The molecule has 0 aromatic heterocycles. The monoisotopic (exact) mass is 882 g/mol. The smallest absolute Gasteiger partial charge is 0.306 e. The van der Waals surface area contributed by atoms with Crippen LogP contribution >= 0.6 is 0 Å². The van der Waals surface area contributed by atoms with Crippen molar-refractivity contribution in [3.05, 3.63) is 60.8 Å². The summed E-state index contributed by atoms with van der Waals surface area (Å²) < 4.78 is 5.93. The van der Waals surface area contributed by atoms with Crippen LogP contribution in [-0.2, 0) is 14.3 Å². The molecule has 0 aliphatic heterocycles. The lowest BCUT2D eigenvalue weighted by Crippen LogP contribution is -2.46. The lowest BCUT2D eigenvalue weighted by molar-refractivity contribution is -0.151. The predicted molar refractivity (Wildman–Crippen MR) is 273 cm³/mol. The molecule has 3 atom stereocenters. The molecule has 6 nitrogen and oxygen atoms in total. The fraction of sp³-hybridized carbons (Fsp3) is 0.789. The average Bonchev–Trinajstić information content (AvgIpc) is 3.28. The summed E-state index contributed by atoms with van der Waals surface area (Å²) in [5.41, 5.74) is 0. The van der Waals surface area contributed by atoms with Crippen LogP contribution in [0.15, 0.2) is 60.8 Å². The van der Waals surface area contributed by atoms with Gasteiger partial charge in [0.05, 0.1) is 25.2 Å². The quantitative estimate of drug-likeness (QED) is 0.0321. The second kappa shape index (κ2) is 50.6. The summed E-state index contributed by atoms with van der Waals surface area (Å²) in [5, 5.41) is 23.8. The van der Waals surface area contributed by atoms with Crippen LogP contribution in [0.4, 0.5) is 0 Å². The molecule has 0 fully saturated rings. The normalized spacial score (nSPS) is 13.7. The first kappa shape index (κ1) is 60.6. The Bertz CT molecular complexity index is 1130. The molecule has 0 aliphatic rings. The van der Waals surface area contributed by atoms with Crippen LogP contribution in [0.5, 0.6) is 0 Å². The van der Waals surface area contributed by atoms with Gasteiger partial charge in [-0.3, -0.25) is 9.59 Å². The van der Waals surface area contributed by atoms with Gasteiger partial charge in [0.15, 0.2) is 0 Å². The SMILES string of the molecule is CC/C=C/C=C/C=C/CCCCCCCCCC(=O)OC(CCCCCC/C=C/C=C/CCCCC)CC(=O)NC(CO)C(O)CCCCCCCCCCCCCCCCCC. The van der Waals surface area contributed by atoms with Crippen LogP contribution in [0.25, 0.3) is 0 Å². The number of hydrogen-bond acceptors (Lipinski definition) is 5. The summed E-state index contributed by atoms with van der Waals surface area (Å²) >= 11 is 0. The number of unbranched alkanes of at least 4 members (excludes halogenated alkanes) is 29. The molecule has 0 aliphatic carbocycles. The van der Waals surface area contributed by atoms with Gasteiger partial charge in [0.25, 0.3) is 0 Å². The third-order valence-electron chi connectivity index (χ3n) is 12.2. The molecule has 0 saturated heterocycles. The zero-order valence-electron chi connectivity index (χ0n) is 41.7. The highest BCUT2D eigenvalue weighted by molar-refractivity contribution is 5.77. The number of esters is 1. The third kappa shape index (κ3) is 45.9. The summed E-state index contributed by atoms with van der Waals surface area (Å²) in [5.74, 6) is -0.504. The zero-order valence-corrected chi connectivity index (χ0v) is 41.7. The Labute approximate surface area is 390 Å². The van der Waals surface area contributed by atoms with Crippen molar-refractivity contribution < 1.29 is 24.5 Å². The molecule has 0 bridgehead atoms. The third-order valence-corrected chi connectivity index (χ3v) is 12.2. The fourth-order valence-corrected chi connectivity index (χ4v) is 8.07. The molecule has 3 N–H and O–H groups in total. The van der Waals surface area contributed by atoms with E-state index in [2.05, 4.69) is 86.8 Å². The summed E-state index contributed by atoms with van der Waals surface area (Å²) in [6, 6.07) is -0.712. The molecular weight excluding hydrogens is 779 g/mol. The number of carbonyl (C=O) groups is 2. The minimum absolute atomic E-state index is 0.0583. The highest BCUT2D eigenvalue weighted by atomic mass is 16.5. The fourth-order valence-electron chi connectivity index (χ4n) is 8.07. The molecule has 0 radical (unpaired) electrons. The molecule has 3 unspecified atom stereocenters. The number of allylic oxidation sites excluding steroid dienone is 10. The van der Waals surface area contributed by atoms with Gasteiger partial charge in [-0.05, 0) is 70.6 Å². The number of aliphatic hydroxyl groups is 2. The number of carbonyl (C=O) groups excluding carboxylic acids is 2. The van der Waals surface area contributed by atoms with Crippen molar-refractivity contribution in [1.29, 1.82) is 0 Å². The van der Waals surface area contributed by atoms with E-state index >= 15 is 0 Å². The summed E-state index contributed by atoms with van der Waals surface area (Å²) in [4.78, 5) is 26.2. The Balaban J connectivity index is 4.57. The molecule has 0 spiro atoms. The van der Waals surface area contributed by atoms with E-state index in [1.54, 1.807) is 0 Å². The van der Waals surface area contributed by atoms with Crippen molar-refractivity contribution in [2.24, 2.45) is 0 Å². The molecular formula is C57H103NO5. The first-order chi connectivity index (χ1) is 31.0. The number of aliphatic hydroxyl groups excluding tert-OH is 2. The van der Waals surface area contributed by atoms with E-state index < -0.39 is 18.2 Å². The van der Waals surface area contributed by atoms with Gasteiger partial charge in [0.1, 0.15) is 6.10 Å². The van der Waals surface area contributed by atoms with Gasteiger partial charge in [-0.25, -0.2) is 0 Å². The minimum atomic E-state index is -0.797. The molecule has 63 heavy (non-hydrogen) atoms. The van der Waals surface area contributed by atoms with Gasteiger partial charge in [-0.2, -0.15) is 0 Å².